The van der Waals surface area contributed by atoms with Crippen molar-refractivity contribution < 1.29 is 4.79 Å². The van der Waals surface area contributed by atoms with Gasteiger partial charge in [0.2, 0.25) is 0 Å². The first kappa shape index (κ1) is 15.5. The van der Waals surface area contributed by atoms with Gasteiger partial charge in [0.1, 0.15) is 5.69 Å². The summed E-state index contributed by atoms with van der Waals surface area (Å²) in [6.45, 7) is 1.69. The maximum Gasteiger partial charge on any atom is 0.326 e. The lowest BCUT2D eigenvalue weighted by molar-refractivity contribution is 0.102. The summed E-state index contributed by atoms with van der Waals surface area (Å²) < 4.78 is 0. The number of hydrogen-bond acceptors (Lipinski definition) is 6. The quantitative estimate of drug-likeness (QED) is 0.762. The molecule has 4 rings (SSSR count). The highest BCUT2D eigenvalue weighted by molar-refractivity contribution is 8.16. The molecule has 3 N–H and O–H groups in total. The van der Waals surface area contributed by atoms with Crippen LogP contribution >= 0.6 is 11.8 Å². The van der Waals surface area contributed by atoms with Crippen LogP contribution in [0.3, 0.4) is 0 Å². The fourth-order valence-electron chi connectivity index (χ4n) is 2.66. The minimum absolute atomic E-state index is 0.0920. The summed E-state index contributed by atoms with van der Waals surface area (Å²) in [7, 11) is 0. The molecule has 1 amide bonds. The van der Waals surface area contributed by atoms with Gasteiger partial charge >= 0.3 is 5.69 Å². The van der Waals surface area contributed by atoms with Crippen LogP contribution in [0.25, 0.3) is 5.70 Å². The van der Waals surface area contributed by atoms with Crippen molar-refractivity contribution in [3.63, 3.8) is 0 Å². The van der Waals surface area contributed by atoms with Crippen LogP contribution in [0.15, 0.2) is 50.3 Å². The number of amides is 1. The molecule has 2 aliphatic rings. The van der Waals surface area contributed by atoms with Crippen LogP contribution in [0.4, 0.5) is 5.69 Å². The predicted octanol–water partition coefficient (Wildman–Crippen LogP) is 1.03. The minimum atomic E-state index is -0.721. The summed E-state index contributed by atoms with van der Waals surface area (Å²) in [5, 5.41) is 5.73. The number of carbonyl (C=O) groups excluding carboxylic acids is 1. The van der Waals surface area contributed by atoms with Crippen molar-refractivity contribution in [3.8, 4) is 0 Å². The van der Waals surface area contributed by atoms with Gasteiger partial charge in [0.05, 0.1) is 12.2 Å². The van der Waals surface area contributed by atoms with Crippen molar-refractivity contribution in [2.45, 2.75) is 0 Å². The maximum atomic E-state index is 12.1. The maximum absolute atomic E-state index is 12.1. The van der Waals surface area contributed by atoms with Gasteiger partial charge in [-0.2, -0.15) is 0 Å². The van der Waals surface area contributed by atoms with Crippen LogP contribution in [0.1, 0.15) is 16.1 Å². The molecular weight excluding hydrogens is 342 g/mol. The third-order valence-electron chi connectivity index (χ3n) is 3.81. The molecule has 9 heteroatoms. The molecule has 2 aliphatic heterocycles. The van der Waals surface area contributed by atoms with Crippen LogP contribution in [-0.2, 0) is 0 Å². The van der Waals surface area contributed by atoms with E-state index in [-0.39, 0.29) is 5.69 Å². The van der Waals surface area contributed by atoms with Gasteiger partial charge in [0, 0.05) is 23.7 Å². The molecule has 0 fully saturated rings. The van der Waals surface area contributed by atoms with E-state index in [9.17, 15) is 14.4 Å². The Balaban J connectivity index is 1.51. The Morgan fingerprint density at radius 2 is 2.00 bits per heavy atom. The SMILES string of the molecule is O=C(Nc1ccc(C2=CSC3=NCCN23)cc1)c1cc(=O)[nH]c(=O)[nH]1. The normalized spacial score (nSPS) is 15.6. The van der Waals surface area contributed by atoms with Crippen molar-refractivity contribution in [1.82, 2.24) is 14.9 Å². The first-order valence-electron chi connectivity index (χ1n) is 7.54. The molecule has 0 radical (unpaired) electrons. The zero-order valence-corrected chi connectivity index (χ0v) is 13.7. The molecule has 2 aromatic rings. The smallest absolute Gasteiger partial charge is 0.321 e. The number of benzene rings is 1. The Bertz CT molecular complexity index is 991. The van der Waals surface area contributed by atoms with Gasteiger partial charge in [-0.25, -0.2) is 4.79 Å². The van der Waals surface area contributed by atoms with Gasteiger partial charge in [-0.1, -0.05) is 23.9 Å². The van der Waals surface area contributed by atoms with Gasteiger partial charge in [-0.05, 0) is 17.7 Å². The lowest BCUT2D eigenvalue weighted by Crippen LogP contribution is -2.27. The van der Waals surface area contributed by atoms with Crippen molar-refractivity contribution in [2.24, 2.45) is 4.99 Å². The molecule has 25 heavy (non-hydrogen) atoms. The van der Waals surface area contributed by atoms with Crippen molar-refractivity contribution in [1.29, 1.82) is 0 Å². The third-order valence-corrected chi connectivity index (χ3v) is 4.71. The molecule has 0 saturated heterocycles. The highest BCUT2D eigenvalue weighted by Gasteiger charge is 2.26. The van der Waals surface area contributed by atoms with Gasteiger partial charge in [0.15, 0.2) is 5.17 Å². The Kier molecular flexibility index (Phi) is 3.77. The molecule has 0 unspecified atom stereocenters. The number of anilines is 1. The third kappa shape index (κ3) is 3.01. The summed E-state index contributed by atoms with van der Waals surface area (Å²) in [6, 6.07) is 8.40. The Morgan fingerprint density at radius 3 is 2.76 bits per heavy atom. The predicted molar refractivity (Wildman–Crippen MR) is 96.7 cm³/mol. The summed E-state index contributed by atoms with van der Waals surface area (Å²) in [4.78, 5) is 45.5. The molecular formula is C16H13N5O3S. The van der Waals surface area contributed by atoms with E-state index >= 15 is 0 Å². The molecule has 8 nitrogen and oxygen atoms in total. The average Bonchev–Trinajstić information content (AvgIpc) is 3.18. The van der Waals surface area contributed by atoms with Crippen LogP contribution in [0.5, 0.6) is 0 Å². The zero-order valence-electron chi connectivity index (χ0n) is 12.9. The first-order valence-corrected chi connectivity index (χ1v) is 8.42. The summed E-state index contributed by atoms with van der Waals surface area (Å²) >= 11 is 1.61. The number of carbonyl (C=O) groups is 1. The van der Waals surface area contributed by atoms with E-state index in [2.05, 4.69) is 25.6 Å². The highest BCUT2D eigenvalue weighted by Crippen LogP contribution is 2.35. The van der Waals surface area contributed by atoms with Gasteiger partial charge < -0.3 is 15.2 Å². The van der Waals surface area contributed by atoms with Crippen LogP contribution < -0.4 is 16.6 Å². The van der Waals surface area contributed by atoms with Crippen LogP contribution in [-0.4, -0.2) is 39.0 Å². The number of thioether (sulfide) groups is 1. The summed E-state index contributed by atoms with van der Waals surface area (Å²) in [6.07, 6.45) is 0. The summed E-state index contributed by atoms with van der Waals surface area (Å²) in [5.74, 6) is -0.555. The van der Waals surface area contributed by atoms with Gasteiger partial charge in [0.25, 0.3) is 11.5 Å². The molecule has 0 saturated carbocycles. The fourth-order valence-corrected chi connectivity index (χ4v) is 3.62. The van der Waals surface area contributed by atoms with Gasteiger partial charge in [-0.15, -0.1) is 0 Å². The number of amidine groups is 1. The number of aromatic amines is 2. The number of H-pyrrole nitrogens is 2. The number of nitrogens with one attached hydrogen (secondary N) is 3. The van der Waals surface area contributed by atoms with Crippen molar-refractivity contribution >= 4 is 34.2 Å². The lowest BCUT2D eigenvalue weighted by atomic mass is 10.1. The lowest BCUT2D eigenvalue weighted by Gasteiger charge is -2.16. The van der Waals surface area contributed by atoms with E-state index in [0.29, 0.717) is 5.69 Å². The van der Waals surface area contributed by atoms with Crippen molar-refractivity contribution in [2.75, 3.05) is 18.4 Å². The minimum Gasteiger partial charge on any atom is -0.321 e. The van der Waals surface area contributed by atoms with E-state index < -0.39 is 17.2 Å². The van der Waals surface area contributed by atoms with E-state index in [1.165, 1.54) is 0 Å². The van der Waals surface area contributed by atoms with Gasteiger partial charge in [-0.3, -0.25) is 19.6 Å². The monoisotopic (exact) mass is 355 g/mol. The second-order valence-electron chi connectivity index (χ2n) is 5.47. The Labute approximate surface area is 145 Å². The largest absolute Gasteiger partial charge is 0.326 e. The number of hydrogen-bond donors (Lipinski definition) is 3. The number of aliphatic imine (C=N–C) groups is 1. The number of rotatable bonds is 3. The highest BCUT2D eigenvalue weighted by atomic mass is 32.2. The summed E-state index contributed by atoms with van der Waals surface area (Å²) in [5.41, 5.74) is 1.25. The molecule has 1 aromatic heterocycles. The average molecular weight is 355 g/mol. The van der Waals surface area contributed by atoms with E-state index in [1.807, 2.05) is 17.1 Å². The van der Waals surface area contributed by atoms with Crippen LogP contribution in [0.2, 0.25) is 0 Å². The number of aromatic nitrogens is 2. The second kappa shape index (κ2) is 6.10. The number of nitrogens with zero attached hydrogens (tertiary/aromatic N) is 2. The standard InChI is InChI=1S/C16H13N5O3S/c22-13-7-11(19-15(24)20-13)14(23)18-10-3-1-9(2-4-10)12-8-25-16-17-5-6-21(12)16/h1-4,7-8H,5-6H2,(H,18,23)(H2,19,20,22,24). The number of fused-ring (bicyclic) bond motifs is 1. The van der Waals surface area contributed by atoms with E-state index in [0.717, 1.165) is 35.6 Å². The molecule has 0 aliphatic carbocycles. The molecule has 0 spiro atoms. The molecule has 0 atom stereocenters. The van der Waals surface area contributed by atoms with E-state index in [1.54, 1.807) is 23.9 Å². The first-order chi connectivity index (χ1) is 12.1. The van der Waals surface area contributed by atoms with E-state index in [4.69, 9.17) is 0 Å². The van der Waals surface area contributed by atoms with Crippen molar-refractivity contribution in [3.05, 3.63) is 67.8 Å². The fraction of sp³-hybridized carbons (Fsp3) is 0.125. The van der Waals surface area contributed by atoms with Crippen LogP contribution in [0, 0.1) is 0 Å². The second-order valence-corrected chi connectivity index (χ2v) is 6.31. The Hall–Kier alpha value is -3.07. The molecule has 3 heterocycles. The zero-order chi connectivity index (χ0) is 17.4. The molecule has 126 valence electrons. The Morgan fingerprint density at radius 1 is 1.20 bits per heavy atom. The molecule has 1 aromatic carbocycles. The molecule has 0 bridgehead atoms. The topological polar surface area (TPSA) is 110 Å².